The van der Waals surface area contributed by atoms with Gasteiger partial charge in [0.1, 0.15) is 6.10 Å². The third kappa shape index (κ3) is 2.82. The van der Waals surface area contributed by atoms with Crippen molar-refractivity contribution in [3.8, 4) is 0 Å². The molecular formula is C8H5Cl5O. The van der Waals surface area contributed by atoms with Crippen molar-refractivity contribution in [1.82, 2.24) is 0 Å². The van der Waals surface area contributed by atoms with Crippen LogP contribution in [-0.2, 0) is 0 Å². The van der Waals surface area contributed by atoms with E-state index >= 15 is 0 Å². The van der Waals surface area contributed by atoms with Gasteiger partial charge in [-0.25, -0.2) is 0 Å². The predicted octanol–water partition coefficient (Wildman–Crippen LogP) is 4.40. The second kappa shape index (κ2) is 4.65. The Morgan fingerprint density at radius 3 is 1.86 bits per heavy atom. The van der Waals surface area contributed by atoms with Gasteiger partial charge in [-0.15, -0.1) is 0 Å². The molecule has 0 amide bonds. The highest BCUT2D eigenvalue weighted by Crippen LogP contribution is 2.44. The topological polar surface area (TPSA) is 20.2 Å². The molecule has 1 rings (SSSR count). The molecule has 1 unspecified atom stereocenters. The summed E-state index contributed by atoms with van der Waals surface area (Å²) in [4.78, 5) is 0. The molecule has 0 aromatic heterocycles. The molecule has 1 aromatic carbocycles. The van der Waals surface area contributed by atoms with Gasteiger partial charge in [0.25, 0.3) is 0 Å². The fraction of sp³-hybridized carbons (Fsp3) is 0.250. The van der Waals surface area contributed by atoms with Gasteiger partial charge in [0.05, 0.1) is 0 Å². The number of alkyl halides is 3. The summed E-state index contributed by atoms with van der Waals surface area (Å²) in [6.07, 6.45) is -1.35. The van der Waals surface area contributed by atoms with Crippen LogP contribution in [0.25, 0.3) is 0 Å². The minimum absolute atomic E-state index is 0.218. The first kappa shape index (κ1) is 12.7. The van der Waals surface area contributed by atoms with Gasteiger partial charge in [-0.3, -0.25) is 0 Å². The molecule has 0 radical (unpaired) electrons. The Bertz CT molecular complexity index is 313. The number of hydrogen-bond donors (Lipinski definition) is 1. The Labute approximate surface area is 106 Å². The average Bonchev–Trinajstić information content (AvgIpc) is 2.01. The highest BCUT2D eigenvalue weighted by atomic mass is 35.6. The highest BCUT2D eigenvalue weighted by molar-refractivity contribution is 6.68. The lowest BCUT2D eigenvalue weighted by Gasteiger charge is -2.21. The molecule has 0 aliphatic heterocycles. The number of aliphatic hydroxyl groups excluding tert-OH is 1. The summed E-state index contributed by atoms with van der Waals surface area (Å²) in [6, 6.07) is 4.75. The van der Waals surface area contributed by atoms with Crippen LogP contribution < -0.4 is 0 Å². The fourth-order valence-corrected chi connectivity index (χ4v) is 1.87. The maximum atomic E-state index is 9.65. The number of halogens is 5. The molecule has 0 spiro atoms. The Kier molecular flexibility index (Phi) is 4.22. The molecule has 0 aliphatic carbocycles. The van der Waals surface area contributed by atoms with E-state index in [1.165, 1.54) is 0 Å². The van der Waals surface area contributed by atoms with Crippen molar-refractivity contribution < 1.29 is 5.11 Å². The first-order valence-corrected chi connectivity index (χ1v) is 5.41. The number of aliphatic hydroxyl groups is 1. The van der Waals surface area contributed by atoms with E-state index in [0.717, 1.165) is 0 Å². The van der Waals surface area contributed by atoms with Gasteiger partial charge in [-0.05, 0) is 12.1 Å². The van der Waals surface area contributed by atoms with Crippen molar-refractivity contribution in [2.45, 2.75) is 9.90 Å². The third-order valence-electron chi connectivity index (χ3n) is 1.58. The van der Waals surface area contributed by atoms with Crippen molar-refractivity contribution in [2.24, 2.45) is 0 Å². The van der Waals surface area contributed by atoms with Gasteiger partial charge >= 0.3 is 0 Å². The van der Waals surface area contributed by atoms with Crippen LogP contribution in [0.15, 0.2) is 18.2 Å². The maximum absolute atomic E-state index is 9.65. The van der Waals surface area contributed by atoms with Crippen LogP contribution in [0.4, 0.5) is 0 Å². The lowest BCUT2D eigenvalue weighted by Crippen LogP contribution is -2.17. The molecule has 6 heteroatoms. The summed E-state index contributed by atoms with van der Waals surface area (Å²) in [5.41, 5.74) is 0.218. The smallest absolute Gasteiger partial charge is 0.220 e. The number of hydrogen-bond acceptors (Lipinski definition) is 1. The van der Waals surface area contributed by atoms with Gasteiger partial charge in [-0.2, -0.15) is 0 Å². The first-order valence-electron chi connectivity index (χ1n) is 3.52. The summed E-state index contributed by atoms with van der Waals surface area (Å²) in [5, 5.41) is 10.2. The molecule has 0 bridgehead atoms. The van der Waals surface area contributed by atoms with Gasteiger partial charge in [0, 0.05) is 15.6 Å². The molecule has 1 atom stereocenters. The number of benzene rings is 1. The summed E-state index contributed by atoms with van der Waals surface area (Å²) < 4.78 is -1.85. The lowest BCUT2D eigenvalue weighted by atomic mass is 10.1. The zero-order valence-corrected chi connectivity index (χ0v) is 10.4. The normalized spacial score (nSPS) is 14.1. The van der Waals surface area contributed by atoms with E-state index in [1.807, 2.05) is 0 Å². The molecule has 0 saturated carbocycles. The molecule has 0 aliphatic rings. The predicted molar refractivity (Wildman–Crippen MR) is 61.7 cm³/mol. The summed E-state index contributed by atoms with van der Waals surface area (Å²) >= 11 is 28.2. The monoisotopic (exact) mass is 292 g/mol. The van der Waals surface area contributed by atoms with E-state index in [2.05, 4.69) is 0 Å². The van der Waals surface area contributed by atoms with Crippen LogP contribution in [0.5, 0.6) is 0 Å². The zero-order valence-electron chi connectivity index (χ0n) is 6.65. The molecule has 78 valence electrons. The van der Waals surface area contributed by atoms with Crippen molar-refractivity contribution in [3.63, 3.8) is 0 Å². The maximum Gasteiger partial charge on any atom is 0.220 e. The standard InChI is InChI=1S/C8H5Cl5O/c9-4-2-1-3-5(10)6(4)7(14)8(11,12)13/h1-3,7,14H. The van der Waals surface area contributed by atoms with Crippen molar-refractivity contribution in [2.75, 3.05) is 0 Å². The highest BCUT2D eigenvalue weighted by Gasteiger charge is 2.34. The van der Waals surface area contributed by atoms with Crippen LogP contribution in [0.1, 0.15) is 11.7 Å². The van der Waals surface area contributed by atoms with Crippen LogP contribution in [0.2, 0.25) is 10.0 Å². The zero-order chi connectivity index (χ0) is 10.9. The Morgan fingerprint density at radius 1 is 1.07 bits per heavy atom. The Hall–Kier alpha value is 0.630. The Morgan fingerprint density at radius 2 is 1.50 bits per heavy atom. The largest absolute Gasteiger partial charge is 0.384 e. The second-order valence-corrected chi connectivity index (χ2v) is 5.76. The van der Waals surface area contributed by atoms with Crippen molar-refractivity contribution >= 4 is 58.0 Å². The van der Waals surface area contributed by atoms with Crippen molar-refractivity contribution in [1.29, 1.82) is 0 Å². The molecular weight excluding hydrogens is 289 g/mol. The van der Waals surface area contributed by atoms with E-state index in [4.69, 9.17) is 58.0 Å². The first-order chi connectivity index (χ1) is 6.34. The van der Waals surface area contributed by atoms with E-state index in [9.17, 15) is 5.11 Å². The van der Waals surface area contributed by atoms with Crippen LogP contribution >= 0.6 is 58.0 Å². The van der Waals surface area contributed by atoms with E-state index in [-0.39, 0.29) is 15.6 Å². The van der Waals surface area contributed by atoms with Crippen LogP contribution in [0.3, 0.4) is 0 Å². The number of rotatable bonds is 1. The molecule has 1 aromatic rings. The third-order valence-corrected chi connectivity index (χ3v) is 2.86. The molecule has 1 N–H and O–H groups in total. The SMILES string of the molecule is OC(c1c(Cl)cccc1Cl)C(Cl)(Cl)Cl. The molecule has 14 heavy (non-hydrogen) atoms. The van der Waals surface area contributed by atoms with Gasteiger partial charge < -0.3 is 5.11 Å². The summed E-state index contributed by atoms with van der Waals surface area (Å²) in [7, 11) is 0. The average molecular weight is 294 g/mol. The summed E-state index contributed by atoms with van der Waals surface area (Å²) in [5.74, 6) is 0. The second-order valence-electron chi connectivity index (χ2n) is 2.58. The molecule has 0 heterocycles. The molecule has 0 saturated heterocycles. The lowest BCUT2D eigenvalue weighted by molar-refractivity contribution is 0.182. The molecule has 0 fully saturated rings. The Balaban J connectivity index is 3.19. The van der Waals surface area contributed by atoms with E-state index in [1.54, 1.807) is 18.2 Å². The van der Waals surface area contributed by atoms with Gasteiger partial charge in [0.2, 0.25) is 3.79 Å². The van der Waals surface area contributed by atoms with Gasteiger partial charge in [0.15, 0.2) is 0 Å². The van der Waals surface area contributed by atoms with Gasteiger partial charge in [-0.1, -0.05) is 64.1 Å². The quantitative estimate of drug-likeness (QED) is 0.761. The van der Waals surface area contributed by atoms with E-state index in [0.29, 0.717) is 0 Å². The summed E-state index contributed by atoms with van der Waals surface area (Å²) in [6.45, 7) is 0. The van der Waals surface area contributed by atoms with E-state index < -0.39 is 9.90 Å². The molecule has 1 nitrogen and oxygen atoms in total. The van der Waals surface area contributed by atoms with Crippen LogP contribution in [0, 0.1) is 0 Å². The fourth-order valence-electron chi connectivity index (χ4n) is 0.936. The van der Waals surface area contributed by atoms with Crippen LogP contribution in [-0.4, -0.2) is 8.90 Å². The minimum Gasteiger partial charge on any atom is -0.384 e. The van der Waals surface area contributed by atoms with Crippen molar-refractivity contribution in [3.05, 3.63) is 33.8 Å². The minimum atomic E-state index is -1.85.